The fraction of sp³-hybridized carbons (Fsp3) is 0.417. The summed E-state index contributed by atoms with van der Waals surface area (Å²) in [7, 11) is 0. The Bertz CT molecular complexity index is 806. The van der Waals surface area contributed by atoms with Gasteiger partial charge >= 0.3 is 6.09 Å². The van der Waals surface area contributed by atoms with Crippen molar-refractivity contribution in [1.29, 1.82) is 0 Å². The third-order valence-corrected chi connectivity index (χ3v) is 4.46. The van der Waals surface area contributed by atoms with Gasteiger partial charge in [-0.05, 0) is 31.9 Å². The first kappa shape index (κ1) is 24.4. The fourth-order valence-electron chi connectivity index (χ4n) is 2.91. The predicted molar refractivity (Wildman–Crippen MR) is 118 cm³/mol. The molecule has 0 spiro atoms. The summed E-state index contributed by atoms with van der Waals surface area (Å²) < 4.78 is 5.49. The lowest BCUT2D eigenvalue weighted by molar-refractivity contribution is -0.134. The molecule has 0 aliphatic carbocycles. The molecule has 0 heterocycles. The average Bonchev–Trinajstić information content (AvgIpc) is 2.74. The van der Waals surface area contributed by atoms with E-state index in [4.69, 9.17) is 9.57 Å². The second-order valence-electron chi connectivity index (χ2n) is 8.27. The van der Waals surface area contributed by atoms with E-state index >= 15 is 0 Å². The number of nitrogens with zero attached hydrogens (tertiary/aromatic N) is 1. The van der Waals surface area contributed by atoms with Crippen LogP contribution in [0.4, 0.5) is 4.79 Å². The monoisotopic (exact) mass is 428 g/mol. The van der Waals surface area contributed by atoms with Gasteiger partial charge in [-0.2, -0.15) is 0 Å². The molecule has 1 atom stereocenters. The van der Waals surface area contributed by atoms with Gasteiger partial charge in [-0.25, -0.2) is 10.3 Å². The first-order valence-electron chi connectivity index (χ1n) is 10.4. The van der Waals surface area contributed by atoms with Crippen LogP contribution in [0.1, 0.15) is 44.2 Å². The van der Waals surface area contributed by atoms with Gasteiger partial charge in [-0.3, -0.25) is 9.63 Å². The molecule has 31 heavy (non-hydrogen) atoms. The topological polar surface area (TPSA) is 88.1 Å². The van der Waals surface area contributed by atoms with E-state index in [2.05, 4.69) is 5.48 Å². The third-order valence-electron chi connectivity index (χ3n) is 4.46. The molecule has 2 aromatic carbocycles. The molecule has 0 aromatic heterocycles. The summed E-state index contributed by atoms with van der Waals surface area (Å²) in [5.74, 6) is -0.629. The first-order valence-corrected chi connectivity index (χ1v) is 10.4. The summed E-state index contributed by atoms with van der Waals surface area (Å²) in [6, 6.07) is 18.9. The molecule has 2 N–H and O–H groups in total. The van der Waals surface area contributed by atoms with Crippen molar-refractivity contribution >= 4 is 12.0 Å². The number of hydrogen-bond acceptors (Lipinski definition) is 5. The number of hydroxylamine groups is 1. The van der Waals surface area contributed by atoms with E-state index in [-0.39, 0.29) is 44.5 Å². The van der Waals surface area contributed by atoms with E-state index in [0.717, 1.165) is 11.1 Å². The van der Waals surface area contributed by atoms with E-state index in [1.165, 1.54) is 4.90 Å². The Hall–Kier alpha value is -2.90. The largest absolute Gasteiger partial charge is 0.444 e. The van der Waals surface area contributed by atoms with Crippen molar-refractivity contribution in [3.05, 3.63) is 71.8 Å². The van der Waals surface area contributed by atoms with Crippen molar-refractivity contribution in [1.82, 2.24) is 10.4 Å². The molecule has 2 aromatic rings. The van der Waals surface area contributed by atoms with E-state index in [0.29, 0.717) is 0 Å². The summed E-state index contributed by atoms with van der Waals surface area (Å²) in [6.45, 7) is 5.85. The number of benzene rings is 2. The molecule has 7 heteroatoms. The minimum atomic E-state index is -0.669. The maximum atomic E-state index is 12.7. The van der Waals surface area contributed by atoms with Crippen molar-refractivity contribution in [3.8, 4) is 0 Å². The minimum Gasteiger partial charge on any atom is -0.444 e. The van der Waals surface area contributed by atoms with Crippen molar-refractivity contribution in [3.63, 3.8) is 0 Å². The Balaban J connectivity index is 1.94. The lowest BCUT2D eigenvalue weighted by Gasteiger charge is -2.30. The number of nitrogens with one attached hydrogen (secondary N) is 1. The Morgan fingerprint density at radius 3 is 2.23 bits per heavy atom. The van der Waals surface area contributed by atoms with Gasteiger partial charge in [-0.15, -0.1) is 0 Å². The van der Waals surface area contributed by atoms with E-state index in [9.17, 15) is 14.7 Å². The third kappa shape index (κ3) is 9.19. The molecule has 0 saturated carbocycles. The molecule has 0 fully saturated rings. The highest BCUT2D eigenvalue weighted by atomic mass is 16.6. The Morgan fingerprint density at radius 1 is 1.03 bits per heavy atom. The van der Waals surface area contributed by atoms with Crippen LogP contribution in [-0.2, 0) is 21.0 Å². The number of rotatable bonds is 10. The number of aliphatic hydroxyl groups is 1. The smallest absolute Gasteiger partial charge is 0.410 e. The fourth-order valence-corrected chi connectivity index (χ4v) is 2.91. The van der Waals surface area contributed by atoms with Crippen LogP contribution in [0.3, 0.4) is 0 Å². The Labute approximate surface area is 183 Å². The van der Waals surface area contributed by atoms with Gasteiger partial charge in [0.1, 0.15) is 5.60 Å². The van der Waals surface area contributed by atoms with Crippen LogP contribution in [0.25, 0.3) is 0 Å². The lowest BCUT2D eigenvalue weighted by Crippen LogP contribution is -2.41. The molecule has 2 rings (SSSR count). The van der Waals surface area contributed by atoms with Crippen LogP contribution in [0.2, 0.25) is 0 Å². The summed E-state index contributed by atoms with van der Waals surface area (Å²) >= 11 is 0. The standard InChI is InChI=1S/C24H32N2O5/c1-24(2,3)31-23(29)26(16-21(17-27)20-12-8-5-9-13-20)15-14-22(28)25-30-18-19-10-6-4-7-11-19/h4-13,21,27H,14-18H2,1-3H3,(H,25,28)/t21-/m0/s1. The molecule has 0 bridgehead atoms. The van der Waals surface area contributed by atoms with Crippen LogP contribution in [-0.4, -0.2) is 47.3 Å². The molecule has 168 valence electrons. The molecule has 2 amide bonds. The summed E-state index contributed by atoms with van der Waals surface area (Å²) in [5.41, 5.74) is 3.58. The van der Waals surface area contributed by atoms with Gasteiger partial charge in [0, 0.05) is 25.4 Å². The number of ether oxygens (including phenoxy) is 1. The number of amides is 2. The normalized spacial score (nSPS) is 12.1. The van der Waals surface area contributed by atoms with E-state index < -0.39 is 11.7 Å². The lowest BCUT2D eigenvalue weighted by atomic mass is 9.99. The Morgan fingerprint density at radius 2 is 1.65 bits per heavy atom. The molecule has 0 aliphatic heterocycles. The zero-order chi connectivity index (χ0) is 22.7. The maximum Gasteiger partial charge on any atom is 0.410 e. The summed E-state index contributed by atoms with van der Waals surface area (Å²) in [6.07, 6.45) is -0.485. The number of hydrogen-bond donors (Lipinski definition) is 2. The second-order valence-corrected chi connectivity index (χ2v) is 8.27. The highest BCUT2D eigenvalue weighted by molar-refractivity contribution is 5.76. The number of carbonyl (C=O) groups is 2. The molecule has 0 aliphatic rings. The summed E-state index contributed by atoms with van der Waals surface area (Å²) in [5, 5.41) is 9.87. The second kappa shape index (κ2) is 12.1. The van der Waals surface area contributed by atoms with Gasteiger partial charge in [0.2, 0.25) is 5.91 Å². The predicted octanol–water partition coefficient (Wildman–Crippen LogP) is 3.64. The van der Waals surface area contributed by atoms with Gasteiger partial charge in [0.25, 0.3) is 0 Å². The maximum absolute atomic E-state index is 12.7. The van der Waals surface area contributed by atoms with Crippen molar-refractivity contribution in [2.45, 2.75) is 45.3 Å². The van der Waals surface area contributed by atoms with Crippen LogP contribution in [0.5, 0.6) is 0 Å². The summed E-state index contributed by atoms with van der Waals surface area (Å²) in [4.78, 5) is 31.6. The van der Waals surface area contributed by atoms with E-state index in [1.54, 1.807) is 20.8 Å². The number of aliphatic hydroxyl groups excluding tert-OH is 1. The number of carbonyl (C=O) groups excluding carboxylic acids is 2. The highest BCUT2D eigenvalue weighted by Crippen LogP contribution is 2.19. The van der Waals surface area contributed by atoms with Crippen molar-refractivity contribution in [2.24, 2.45) is 0 Å². The Kier molecular flexibility index (Phi) is 9.49. The van der Waals surface area contributed by atoms with Gasteiger partial charge in [0.15, 0.2) is 0 Å². The van der Waals surface area contributed by atoms with Crippen LogP contribution in [0, 0.1) is 0 Å². The van der Waals surface area contributed by atoms with Crippen LogP contribution < -0.4 is 5.48 Å². The molecule has 0 radical (unpaired) electrons. The minimum absolute atomic E-state index is 0.0426. The molecule has 7 nitrogen and oxygen atoms in total. The average molecular weight is 429 g/mol. The molecular weight excluding hydrogens is 396 g/mol. The SMILES string of the molecule is CC(C)(C)OC(=O)N(CCC(=O)NOCc1ccccc1)C[C@@H](CO)c1ccccc1. The zero-order valence-electron chi connectivity index (χ0n) is 18.4. The van der Waals surface area contributed by atoms with Crippen molar-refractivity contribution in [2.75, 3.05) is 19.7 Å². The van der Waals surface area contributed by atoms with Gasteiger partial charge < -0.3 is 14.7 Å². The molecular formula is C24H32N2O5. The first-order chi connectivity index (χ1) is 14.8. The van der Waals surface area contributed by atoms with Crippen LogP contribution >= 0.6 is 0 Å². The highest BCUT2D eigenvalue weighted by Gasteiger charge is 2.25. The van der Waals surface area contributed by atoms with Gasteiger partial charge in [0.05, 0.1) is 13.2 Å². The molecule has 0 unspecified atom stereocenters. The van der Waals surface area contributed by atoms with Gasteiger partial charge in [-0.1, -0.05) is 60.7 Å². The zero-order valence-corrected chi connectivity index (χ0v) is 18.4. The molecule has 0 saturated heterocycles. The van der Waals surface area contributed by atoms with Crippen molar-refractivity contribution < 1.29 is 24.3 Å². The van der Waals surface area contributed by atoms with Crippen LogP contribution in [0.15, 0.2) is 60.7 Å². The quantitative estimate of drug-likeness (QED) is 0.564. The van der Waals surface area contributed by atoms with E-state index in [1.807, 2.05) is 60.7 Å².